The smallest absolute Gasteiger partial charge is 0.244 e. The lowest BCUT2D eigenvalue weighted by atomic mass is 10.1. The van der Waals surface area contributed by atoms with Gasteiger partial charge in [0.2, 0.25) is 21.8 Å². The van der Waals surface area contributed by atoms with Gasteiger partial charge in [-0.15, -0.1) is 0 Å². The van der Waals surface area contributed by atoms with E-state index in [1.807, 2.05) is 39.8 Å². The molecule has 0 radical (unpaired) electrons. The van der Waals surface area contributed by atoms with Crippen molar-refractivity contribution in [2.45, 2.75) is 45.4 Å². The molecule has 0 saturated heterocycles. The zero-order chi connectivity index (χ0) is 25.8. The lowest BCUT2D eigenvalue weighted by Crippen LogP contribution is -2.21. The Bertz CT molecular complexity index is 1750. The second-order valence-corrected chi connectivity index (χ2v) is 10.5. The van der Waals surface area contributed by atoms with Crippen LogP contribution >= 0.6 is 0 Å². The van der Waals surface area contributed by atoms with Gasteiger partial charge in [-0.05, 0) is 80.3 Å². The summed E-state index contributed by atoms with van der Waals surface area (Å²) in [4.78, 5) is 8.48. The van der Waals surface area contributed by atoms with E-state index in [2.05, 4.69) is 14.7 Å². The van der Waals surface area contributed by atoms with Crippen LogP contribution in [0.1, 0.15) is 36.1 Å². The van der Waals surface area contributed by atoms with Crippen molar-refractivity contribution in [2.24, 2.45) is 0 Å². The van der Waals surface area contributed by atoms with Crippen molar-refractivity contribution in [1.82, 2.24) is 14.7 Å². The highest BCUT2D eigenvalue weighted by atomic mass is 32.2. The SMILES string of the molecule is CCc1ccc2oc(-c3ccc(-c4nc5c(C)c(CC)ccc5o4)c(S(=O)(=O)NC)c3F)nc2c1C. The lowest BCUT2D eigenvalue weighted by Gasteiger charge is -2.10. The van der Waals surface area contributed by atoms with Crippen LogP contribution in [-0.2, 0) is 22.9 Å². The molecule has 0 aliphatic rings. The summed E-state index contributed by atoms with van der Waals surface area (Å²) in [5.41, 5.74) is 6.27. The van der Waals surface area contributed by atoms with Gasteiger partial charge in [0.25, 0.3) is 0 Å². The number of rotatable bonds is 6. The van der Waals surface area contributed by atoms with Gasteiger partial charge >= 0.3 is 0 Å². The summed E-state index contributed by atoms with van der Waals surface area (Å²) in [5.74, 6) is -0.976. The van der Waals surface area contributed by atoms with E-state index in [1.54, 1.807) is 12.1 Å². The summed E-state index contributed by atoms with van der Waals surface area (Å²) in [5, 5.41) is 0. The Labute approximate surface area is 208 Å². The average Bonchev–Trinajstić information content (AvgIpc) is 3.50. The molecular formula is C27H26FN3O4S. The molecule has 5 rings (SSSR count). The third-order valence-corrected chi connectivity index (χ3v) is 8.18. The number of aryl methyl sites for hydroxylation is 4. The molecule has 0 aliphatic heterocycles. The summed E-state index contributed by atoms with van der Waals surface area (Å²) in [6, 6.07) is 10.4. The molecular weight excluding hydrogens is 481 g/mol. The Morgan fingerprint density at radius 3 is 1.75 bits per heavy atom. The highest BCUT2D eigenvalue weighted by molar-refractivity contribution is 7.89. The first-order chi connectivity index (χ1) is 17.2. The van der Waals surface area contributed by atoms with Gasteiger partial charge in [0.15, 0.2) is 17.0 Å². The molecule has 9 heteroatoms. The molecule has 2 aromatic heterocycles. The number of hydrogen-bond acceptors (Lipinski definition) is 6. The number of hydrogen-bond donors (Lipinski definition) is 1. The van der Waals surface area contributed by atoms with Crippen molar-refractivity contribution >= 4 is 32.2 Å². The van der Waals surface area contributed by atoms with Crippen molar-refractivity contribution < 1.29 is 21.6 Å². The fourth-order valence-corrected chi connectivity index (χ4v) is 5.58. The van der Waals surface area contributed by atoms with E-state index in [4.69, 9.17) is 8.83 Å². The van der Waals surface area contributed by atoms with Gasteiger partial charge in [-0.3, -0.25) is 0 Å². The summed E-state index contributed by atoms with van der Waals surface area (Å²) in [7, 11) is -3.02. The number of halogens is 1. The maximum atomic E-state index is 16.0. The Hall–Kier alpha value is -3.56. The highest BCUT2D eigenvalue weighted by Gasteiger charge is 2.30. The van der Waals surface area contributed by atoms with Gasteiger partial charge in [-0.25, -0.2) is 27.5 Å². The number of fused-ring (bicyclic) bond motifs is 2. The van der Waals surface area contributed by atoms with E-state index in [-0.39, 0.29) is 22.9 Å². The number of nitrogens with zero attached hydrogens (tertiary/aromatic N) is 2. The van der Waals surface area contributed by atoms with Crippen molar-refractivity contribution in [1.29, 1.82) is 0 Å². The maximum Gasteiger partial charge on any atom is 0.244 e. The van der Waals surface area contributed by atoms with Gasteiger partial charge in [-0.2, -0.15) is 0 Å². The Morgan fingerprint density at radius 2 is 1.28 bits per heavy atom. The van der Waals surface area contributed by atoms with E-state index >= 15 is 4.39 Å². The molecule has 7 nitrogen and oxygen atoms in total. The summed E-state index contributed by atoms with van der Waals surface area (Å²) in [6.45, 7) is 7.95. The van der Waals surface area contributed by atoms with Crippen LogP contribution in [0.5, 0.6) is 0 Å². The molecule has 2 heterocycles. The molecule has 5 aromatic rings. The van der Waals surface area contributed by atoms with Crippen LogP contribution < -0.4 is 4.72 Å². The Morgan fingerprint density at radius 1 is 0.806 bits per heavy atom. The third kappa shape index (κ3) is 3.70. The predicted octanol–water partition coefficient (Wildman–Crippen LogP) is 6.09. The molecule has 0 spiro atoms. The molecule has 3 aromatic carbocycles. The van der Waals surface area contributed by atoms with Crippen molar-refractivity contribution in [3.05, 3.63) is 64.5 Å². The number of nitrogens with one attached hydrogen (secondary N) is 1. The van der Waals surface area contributed by atoms with E-state index in [9.17, 15) is 8.42 Å². The predicted molar refractivity (Wildman–Crippen MR) is 137 cm³/mol. The van der Waals surface area contributed by atoms with Gasteiger partial charge < -0.3 is 8.83 Å². The number of aromatic nitrogens is 2. The molecule has 186 valence electrons. The normalized spacial score (nSPS) is 12.2. The Balaban J connectivity index is 1.74. The summed E-state index contributed by atoms with van der Waals surface area (Å²) in [6.07, 6.45) is 1.64. The summed E-state index contributed by atoms with van der Waals surface area (Å²) >= 11 is 0. The second kappa shape index (κ2) is 8.83. The molecule has 1 N–H and O–H groups in total. The minimum absolute atomic E-state index is 0.000969. The largest absolute Gasteiger partial charge is 0.436 e. The van der Waals surface area contributed by atoms with Gasteiger partial charge in [0.1, 0.15) is 15.9 Å². The Kier molecular flexibility index (Phi) is 5.92. The summed E-state index contributed by atoms with van der Waals surface area (Å²) < 4.78 is 56.0. The van der Waals surface area contributed by atoms with Gasteiger partial charge in [0.05, 0.1) is 11.1 Å². The monoisotopic (exact) mass is 507 g/mol. The quantitative estimate of drug-likeness (QED) is 0.299. The molecule has 36 heavy (non-hydrogen) atoms. The first kappa shape index (κ1) is 24.1. The molecule has 0 atom stereocenters. The van der Waals surface area contributed by atoms with Crippen molar-refractivity contribution in [3.8, 4) is 22.9 Å². The van der Waals surface area contributed by atoms with Gasteiger partial charge in [-0.1, -0.05) is 26.0 Å². The fourth-order valence-electron chi connectivity index (χ4n) is 4.58. The average molecular weight is 508 g/mol. The minimum atomic E-state index is -4.24. The van der Waals surface area contributed by atoms with E-state index in [1.165, 1.54) is 19.2 Å². The molecule has 0 amide bonds. The first-order valence-corrected chi connectivity index (χ1v) is 13.2. The third-order valence-electron chi connectivity index (χ3n) is 6.71. The van der Waals surface area contributed by atoms with Crippen molar-refractivity contribution in [2.75, 3.05) is 7.05 Å². The zero-order valence-corrected chi connectivity index (χ0v) is 21.5. The van der Waals surface area contributed by atoms with Crippen LogP contribution in [0.25, 0.3) is 45.1 Å². The molecule has 0 unspecified atom stereocenters. The minimum Gasteiger partial charge on any atom is -0.436 e. The maximum absolute atomic E-state index is 16.0. The molecule has 0 fully saturated rings. The second-order valence-electron chi connectivity index (χ2n) is 8.65. The first-order valence-electron chi connectivity index (χ1n) is 11.7. The van der Waals surface area contributed by atoms with Crippen LogP contribution in [0, 0.1) is 19.7 Å². The van der Waals surface area contributed by atoms with E-state index in [0.717, 1.165) is 35.1 Å². The standard InChI is InChI=1S/C27H26FN3O4S/c1-6-16-8-12-20-23(14(16)3)30-26(34-20)18-10-11-19(25(22(18)28)36(32,33)29-5)27-31-24-15(4)17(7-2)9-13-21(24)35-27/h8-13,29H,6-7H2,1-5H3. The topological polar surface area (TPSA) is 98.2 Å². The number of oxazole rings is 2. The van der Waals surface area contributed by atoms with E-state index in [0.29, 0.717) is 22.2 Å². The number of sulfonamides is 1. The molecule has 0 aliphatic carbocycles. The van der Waals surface area contributed by atoms with Gasteiger partial charge in [0, 0.05) is 0 Å². The lowest BCUT2D eigenvalue weighted by molar-refractivity contribution is 0.552. The van der Waals surface area contributed by atoms with Crippen LogP contribution in [-0.4, -0.2) is 25.4 Å². The zero-order valence-electron chi connectivity index (χ0n) is 20.7. The highest BCUT2D eigenvalue weighted by Crippen LogP contribution is 2.38. The molecule has 0 bridgehead atoms. The van der Waals surface area contributed by atoms with Crippen LogP contribution in [0.2, 0.25) is 0 Å². The van der Waals surface area contributed by atoms with Crippen LogP contribution in [0.15, 0.2) is 50.1 Å². The fraction of sp³-hybridized carbons (Fsp3) is 0.259. The molecule has 0 saturated carbocycles. The van der Waals surface area contributed by atoms with E-state index < -0.39 is 20.7 Å². The van der Waals surface area contributed by atoms with Crippen LogP contribution in [0.3, 0.4) is 0 Å². The van der Waals surface area contributed by atoms with Crippen molar-refractivity contribution in [3.63, 3.8) is 0 Å². The number of benzene rings is 3. The van der Waals surface area contributed by atoms with Crippen LogP contribution in [0.4, 0.5) is 4.39 Å².